The van der Waals surface area contributed by atoms with Crippen LogP contribution < -0.4 is 25.0 Å². The third-order valence-corrected chi connectivity index (χ3v) is 5.11. The van der Waals surface area contributed by atoms with Gasteiger partial charge in [0.15, 0.2) is 17.5 Å². The lowest BCUT2D eigenvalue weighted by Gasteiger charge is -2.21. The zero-order valence-corrected chi connectivity index (χ0v) is 18.5. The maximum Gasteiger partial charge on any atom is 0.191 e. The Hall–Kier alpha value is -2.67. The first-order valence-corrected chi connectivity index (χ1v) is 10.7. The molecule has 2 atom stereocenters. The normalized spacial score (nSPS) is 17.5. The van der Waals surface area contributed by atoms with Gasteiger partial charge < -0.3 is 25.0 Å². The molecule has 2 aromatic rings. The van der Waals surface area contributed by atoms with E-state index in [1.165, 1.54) is 0 Å². The summed E-state index contributed by atoms with van der Waals surface area (Å²) in [6.45, 7) is 7.10. The quantitative estimate of drug-likeness (QED) is 0.493. The van der Waals surface area contributed by atoms with Gasteiger partial charge in [-0.1, -0.05) is 23.7 Å². The van der Waals surface area contributed by atoms with E-state index in [1.54, 1.807) is 13.3 Å². The number of hydrogen-bond donors (Lipinski definition) is 2. The number of nitrogens with zero attached hydrogens (tertiary/aromatic N) is 3. The average molecular weight is 432 g/mol. The number of pyridine rings is 1. The van der Waals surface area contributed by atoms with E-state index < -0.39 is 0 Å². The summed E-state index contributed by atoms with van der Waals surface area (Å²) in [5.41, 5.74) is 0. The number of methoxy groups -OCH3 is 1. The first kappa shape index (κ1) is 22.0. The largest absolute Gasteiger partial charge is 0.493 e. The third-order valence-electron chi connectivity index (χ3n) is 4.82. The van der Waals surface area contributed by atoms with Crippen LogP contribution in [-0.2, 0) is 0 Å². The maximum atomic E-state index is 6.30. The first-order chi connectivity index (χ1) is 14.6. The highest BCUT2D eigenvalue weighted by atomic mass is 35.5. The second-order valence-electron chi connectivity index (χ2n) is 7.18. The number of rotatable bonds is 8. The Labute approximate surface area is 183 Å². The summed E-state index contributed by atoms with van der Waals surface area (Å²) in [5, 5.41) is 7.52. The topological polar surface area (TPSA) is 71.0 Å². The Morgan fingerprint density at radius 3 is 2.83 bits per heavy atom. The summed E-state index contributed by atoms with van der Waals surface area (Å²) in [4.78, 5) is 11.3. The van der Waals surface area contributed by atoms with E-state index in [-0.39, 0.29) is 12.1 Å². The van der Waals surface area contributed by atoms with Crippen LogP contribution in [0, 0.1) is 0 Å². The van der Waals surface area contributed by atoms with Gasteiger partial charge in [0.25, 0.3) is 0 Å². The molecule has 7 nitrogen and oxygen atoms in total. The fraction of sp³-hybridized carbons (Fsp3) is 0.455. The highest BCUT2D eigenvalue weighted by Crippen LogP contribution is 2.27. The number of para-hydroxylation sites is 2. The average Bonchev–Trinajstić information content (AvgIpc) is 3.21. The van der Waals surface area contributed by atoms with Crippen molar-refractivity contribution in [1.29, 1.82) is 0 Å². The predicted molar refractivity (Wildman–Crippen MR) is 122 cm³/mol. The highest BCUT2D eigenvalue weighted by molar-refractivity contribution is 6.32. The van der Waals surface area contributed by atoms with Crippen molar-refractivity contribution in [2.75, 3.05) is 38.2 Å². The molecule has 0 aliphatic carbocycles. The highest BCUT2D eigenvalue weighted by Gasteiger charge is 2.25. The van der Waals surface area contributed by atoms with Crippen molar-refractivity contribution in [3.8, 4) is 11.5 Å². The lowest BCUT2D eigenvalue weighted by atomic mass is 10.3. The molecule has 1 aliphatic rings. The lowest BCUT2D eigenvalue weighted by molar-refractivity contribution is 0.219. The number of benzene rings is 1. The van der Waals surface area contributed by atoms with E-state index in [2.05, 4.69) is 27.4 Å². The molecule has 3 rings (SSSR count). The molecule has 1 aliphatic heterocycles. The zero-order chi connectivity index (χ0) is 21.3. The smallest absolute Gasteiger partial charge is 0.191 e. The van der Waals surface area contributed by atoms with Gasteiger partial charge in [-0.2, -0.15) is 0 Å². The number of anilines is 1. The fourth-order valence-electron chi connectivity index (χ4n) is 3.38. The van der Waals surface area contributed by atoms with Gasteiger partial charge in [0.1, 0.15) is 11.9 Å². The van der Waals surface area contributed by atoms with Gasteiger partial charge in [0, 0.05) is 31.9 Å². The van der Waals surface area contributed by atoms with Crippen molar-refractivity contribution in [2.24, 2.45) is 4.99 Å². The molecule has 1 aromatic carbocycles. The van der Waals surface area contributed by atoms with E-state index in [9.17, 15) is 0 Å². The molecule has 0 radical (unpaired) electrons. The molecular weight excluding hydrogens is 402 g/mol. The monoisotopic (exact) mass is 431 g/mol. The molecule has 2 heterocycles. The molecule has 0 spiro atoms. The Bertz CT molecular complexity index is 848. The molecular formula is C22H30ClN5O2. The molecule has 30 heavy (non-hydrogen) atoms. The Morgan fingerprint density at radius 2 is 2.10 bits per heavy atom. The number of aromatic nitrogens is 1. The van der Waals surface area contributed by atoms with Gasteiger partial charge in [0.2, 0.25) is 0 Å². The van der Waals surface area contributed by atoms with Crippen LogP contribution in [0.15, 0.2) is 47.6 Å². The van der Waals surface area contributed by atoms with Crippen LogP contribution in [0.2, 0.25) is 5.02 Å². The van der Waals surface area contributed by atoms with Gasteiger partial charge in [-0.25, -0.2) is 9.98 Å². The molecule has 2 N–H and O–H groups in total. The van der Waals surface area contributed by atoms with E-state index in [0.717, 1.165) is 49.3 Å². The summed E-state index contributed by atoms with van der Waals surface area (Å²) in [7, 11) is 1.64. The second kappa shape index (κ2) is 10.9. The van der Waals surface area contributed by atoms with Crippen LogP contribution in [0.5, 0.6) is 11.5 Å². The molecule has 0 amide bonds. The van der Waals surface area contributed by atoms with Gasteiger partial charge in [0.05, 0.1) is 18.7 Å². The summed E-state index contributed by atoms with van der Waals surface area (Å²) in [6, 6.07) is 11.6. The molecule has 1 saturated heterocycles. The summed E-state index contributed by atoms with van der Waals surface area (Å²) in [5.74, 6) is 3.06. The van der Waals surface area contributed by atoms with Crippen LogP contribution in [0.25, 0.3) is 0 Å². The van der Waals surface area contributed by atoms with E-state index in [1.807, 2.05) is 43.3 Å². The van der Waals surface area contributed by atoms with Crippen molar-refractivity contribution >= 4 is 23.4 Å². The molecule has 162 valence electrons. The molecule has 8 heteroatoms. The van der Waals surface area contributed by atoms with Crippen molar-refractivity contribution in [3.63, 3.8) is 0 Å². The van der Waals surface area contributed by atoms with Crippen molar-refractivity contribution < 1.29 is 9.47 Å². The molecule has 2 unspecified atom stereocenters. The minimum Gasteiger partial charge on any atom is -0.493 e. The summed E-state index contributed by atoms with van der Waals surface area (Å²) >= 11 is 6.30. The number of guanidine groups is 1. The van der Waals surface area contributed by atoms with Gasteiger partial charge >= 0.3 is 0 Å². The van der Waals surface area contributed by atoms with Crippen molar-refractivity contribution in [2.45, 2.75) is 32.4 Å². The van der Waals surface area contributed by atoms with Crippen molar-refractivity contribution in [3.05, 3.63) is 47.6 Å². The Morgan fingerprint density at radius 1 is 1.30 bits per heavy atom. The van der Waals surface area contributed by atoms with Gasteiger partial charge in [-0.05, 0) is 44.5 Å². The second-order valence-corrected chi connectivity index (χ2v) is 7.59. The molecule has 1 aromatic heterocycles. The minimum atomic E-state index is -0.0934. The minimum absolute atomic E-state index is 0.0934. The Kier molecular flexibility index (Phi) is 8.02. The molecule has 0 bridgehead atoms. The number of halogens is 1. The van der Waals surface area contributed by atoms with Gasteiger partial charge in [-0.3, -0.25) is 0 Å². The van der Waals surface area contributed by atoms with E-state index in [0.29, 0.717) is 11.6 Å². The SMILES string of the molecule is CCNC(=NCC(C)Oc1ccccc1OC)NC1CCN(c2ncccc2Cl)C1. The predicted octanol–water partition coefficient (Wildman–Crippen LogP) is 3.34. The van der Waals surface area contributed by atoms with Crippen LogP contribution in [0.1, 0.15) is 20.3 Å². The summed E-state index contributed by atoms with van der Waals surface area (Å²) < 4.78 is 11.4. The van der Waals surface area contributed by atoms with Crippen molar-refractivity contribution in [1.82, 2.24) is 15.6 Å². The van der Waals surface area contributed by atoms with Crippen LogP contribution in [-0.4, -0.2) is 56.4 Å². The van der Waals surface area contributed by atoms with Crippen LogP contribution >= 0.6 is 11.6 Å². The molecule has 1 fully saturated rings. The van der Waals surface area contributed by atoms with Gasteiger partial charge in [-0.15, -0.1) is 0 Å². The van der Waals surface area contributed by atoms with E-state index >= 15 is 0 Å². The standard InChI is InChI=1S/C22H30ClN5O2/c1-4-24-22(26-14-16(2)30-20-10-6-5-9-19(20)29-3)27-17-11-13-28(15-17)21-18(23)8-7-12-25-21/h5-10,12,16-17H,4,11,13-15H2,1-3H3,(H2,24,26,27). The number of aliphatic imine (C=N–C) groups is 1. The fourth-order valence-corrected chi connectivity index (χ4v) is 3.62. The number of ether oxygens (including phenoxy) is 2. The van der Waals surface area contributed by atoms with E-state index in [4.69, 9.17) is 26.1 Å². The number of nitrogens with one attached hydrogen (secondary N) is 2. The Balaban J connectivity index is 1.56. The first-order valence-electron chi connectivity index (χ1n) is 10.3. The lowest BCUT2D eigenvalue weighted by Crippen LogP contribution is -2.45. The van der Waals surface area contributed by atoms with Crippen LogP contribution in [0.4, 0.5) is 5.82 Å². The maximum absolute atomic E-state index is 6.30. The summed E-state index contributed by atoms with van der Waals surface area (Å²) in [6.07, 6.45) is 2.67. The third kappa shape index (κ3) is 5.92. The van der Waals surface area contributed by atoms with Crippen LogP contribution in [0.3, 0.4) is 0 Å². The zero-order valence-electron chi connectivity index (χ0n) is 17.8. The molecule has 0 saturated carbocycles. The number of hydrogen-bond acceptors (Lipinski definition) is 5.